The molecule has 1 aromatic carbocycles. The first kappa shape index (κ1) is 16.3. The van der Waals surface area contributed by atoms with E-state index in [1.54, 1.807) is 19.1 Å². The number of benzene rings is 1. The Balaban J connectivity index is 3.10. The first-order valence-electron chi connectivity index (χ1n) is 6.96. The zero-order chi connectivity index (χ0) is 15.1. The van der Waals surface area contributed by atoms with Crippen molar-refractivity contribution in [3.8, 4) is 0 Å². The highest BCUT2D eigenvalue weighted by Gasteiger charge is 2.18. The van der Waals surface area contributed by atoms with Gasteiger partial charge in [-0.1, -0.05) is 6.07 Å². The molecule has 0 saturated heterocycles. The van der Waals surface area contributed by atoms with E-state index >= 15 is 0 Å². The SMILES string of the molecule is CCOC(=O)c1cccc(N(CCCO)C(C)C)c1N. The van der Waals surface area contributed by atoms with E-state index in [9.17, 15) is 4.79 Å². The van der Waals surface area contributed by atoms with E-state index in [1.807, 2.05) is 19.9 Å². The molecule has 0 aromatic heterocycles. The van der Waals surface area contributed by atoms with Gasteiger partial charge in [0.05, 0.1) is 23.5 Å². The summed E-state index contributed by atoms with van der Waals surface area (Å²) in [6, 6.07) is 5.57. The van der Waals surface area contributed by atoms with Crippen molar-refractivity contribution >= 4 is 17.3 Å². The van der Waals surface area contributed by atoms with Gasteiger partial charge < -0.3 is 20.5 Å². The second-order valence-corrected chi connectivity index (χ2v) is 4.82. The van der Waals surface area contributed by atoms with Crippen molar-refractivity contribution in [1.82, 2.24) is 0 Å². The molecule has 0 unspecified atom stereocenters. The lowest BCUT2D eigenvalue weighted by Crippen LogP contribution is -2.33. The van der Waals surface area contributed by atoms with Gasteiger partial charge in [0.1, 0.15) is 0 Å². The maximum Gasteiger partial charge on any atom is 0.340 e. The number of carbonyl (C=O) groups excluding carboxylic acids is 1. The van der Waals surface area contributed by atoms with Gasteiger partial charge in [-0.05, 0) is 39.3 Å². The van der Waals surface area contributed by atoms with Crippen LogP contribution in [0.5, 0.6) is 0 Å². The number of anilines is 2. The van der Waals surface area contributed by atoms with Crippen molar-refractivity contribution in [1.29, 1.82) is 0 Å². The van der Waals surface area contributed by atoms with Crippen LogP contribution in [0.2, 0.25) is 0 Å². The van der Waals surface area contributed by atoms with Gasteiger partial charge in [0.15, 0.2) is 0 Å². The van der Waals surface area contributed by atoms with Crippen LogP contribution in [0.25, 0.3) is 0 Å². The molecule has 0 aliphatic rings. The lowest BCUT2D eigenvalue weighted by Gasteiger charge is -2.30. The molecule has 5 nitrogen and oxygen atoms in total. The number of rotatable bonds is 7. The highest BCUT2D eigenvalue weighted by atomic mass is 16.5. The average molecular weight is 280 g/mol. The lowest BCUT2D eigenvalue weighted by atomic mass is 10.1. The average Bonchev–Trinajstić information content (AvgIpc) is 2.40. The van der Waals surface area contributed by atoms with Crippen LogP contribution in [0.3, 0.4) is 0 Å². The van der Waals surface area contributed by atoms with Crippen molar-refractivity contribution < 1.29 is 14.6 Å². The molecule has 112 valence electrons. The Kier molecular flexibility index (Phi) is 6.31. The van der Waals surface area contributed by atoms with Gasteiger partial charge in [-0.3, -0.25) is 0 Å². The number of hydrogen-bond donors (Lipinski definition) is 2. The van der Waals surface area contributed by atoms with Crippen LogP contribution >= 0.6 is 0 Å². The summed E-state index contributed by atoms with van der Waals surface area (Å²) in [7, 11) is 0. The molecule has 0 spiro atoms. The molecule has 3 N–H and O–H groups in total. The summed E-state index contributed by atoms with van der Waals surface area (Å²) in [5, 5.41) is 8.99. The Labute approximate surface area is 120 Å². The quantitative estimate of drug-likeness (QED) is 0.590. The predicted octanol–water partition coefficient (Wildman–Crippen LogP) is 2.04. The molecule has 0 amide bonds. The lowest BCUT2D eigenvalue weighted by molar-refractivity contribution is 0.0527. The Morgan fingerprint density at radius 3 is 2.70 bits per heavy atom. The van der Waals surface area contributed by atoms with Crippen molar-refractivity contribution in [3.05, 3.63) is 23.8 Å². The first-order chi connectivity index (χ1) is 9.52. The van der Waals surface area contributed by atoms with Crippen LogP contribution in [0.4, 0.5) is 11.4 Å². The zero-order valence-electron chi connectivity index (χ0n) is 12.4. The number of carbonyl (C=O) groups is 1. The monoisotopic (exact) mass is 280 g/mol. The minimum atomic E-state index is -0.405. The minimum Gasteiger partial charge on any atom is -0.462 e. The molecule has 5 heteroatoms. The molecule has 0 bridgehead atoms. The number of nitrogen functional groups attached to an aromatic ring is 1. The molecule has 0 aliphatic carbocycles. The number of esters is 1. The van der Waals surface area contributed by atoms with E-state index in [4.69, 9.17) is 15.6 Å². The van der Waals surface area contributed by atoms with Crippen LogP contribution in [0.1, 0.15) is 37.6 Å². The molecule has 1 aromatic rings. The molecule has 0 saturated carbocycles. The van der Waals surface area contributed by atoms with Crippen LogP contribution in [-0.2, 0) is 4.74 Å². The van der Waals surface area contributed by atoms with Crippen LogP contribution in [-0.4, -0.2) is 36.9 Å². The number of aliphatic hydroxyl groups is 1. The van der Waals surface area contributed by atoms with Crippen LogP contribution in [0, 0.1) is 0 Å². The summed E-state index contributed by atoms with van der Waals surface area (Å²) in [5.41, 5.74) is 7.74. The summed E-state index contributed by atoms with van der Waals surface area (Å²) in [4.78, 5) is 13.9. The minimum absolute atomic E-state index is 0.126. The summed E-state index contributed by atoms with van der Waals surface area (Å²) < 4.78 is 5.01. The highest BCUT2D eigenvalue weighted by Crippen LogP contribution is 2.29. The topological polar surface area (TPSA) is 75.8 Å². The zero-order valence-corrected chi connectivity index (χ0v) is 12.4. The summed E-state index contributed by atoms with van der Waals surface area (Å²) in [6.45, 7) is 6.99. The van der Waals surface area contributed by atoms with Crippen molar-refractivity contribution in [2.45, 2.75) is 33.2 Å². The summed E-state index contributed by atoms with van der Waals surface area (Å²) in [5.74, 6) is -0.405. The summed E-state index contributed by atoms with van der Waals surface area (Å²) in [6.07, 6.45) is 0.654. The second-order valence-electron chi connectivity index (χ2n) is 4.82. The maximum absolute atomic E-state index is 11.9. The fraction of sp³-hybridized carbons (Fsp3) is 0.533. The van der Waals surface area contributed by atoms with E-state index in [0.29, 0.717) is 30.8 Å². The van der Waals surface area contributed by atoms with Crippen molar-refractivity contribution in [2.75, 3.05) is 30.4 Å². The Hall–Kier alpha value is -1.75. The fourth-order valence-corrected chi connectivity index (χ4v) is 2.09. The highest BCUT2D eigenvalue weighted by molar-refractivity contribution is 5.98. The number of nitrogens with two attached hydrogens (primary N) is 1. The Morgan fingerprint density at radius 2 is 2.15 bits per heavy atom. The second kappa shape index (κ2) is 7.75. The van der Waals surface area contributed by atoms with Crippen molar-refractivity contribution in [2.24, 2.45) is 0 Å². The third kappa shape index (κ3) is 3.87. The normalized spacial score (nSPS) is 10.7. The van der Waals surface area contributed by atoms with Gasteiger partial charge in [0, 0.05) is 19.2 Å². The van der Waals surface area contributed by atoms with E-state index in [2.05, 4.69) is 4.90 Å². The van der Waals surface area contributed by atoms with E-state index in [-0.39, 0.29) is 12.6 Å². The molecule has 0 fully saturated rings. The smallest absolute Gasteiger partial charge is 0.340 e. The van der Waals surface area contributed by atoms with E-state index in [0.717, 1.165) is 5.69 Å². The molecule has 20 heavy (non-hydrogen) atoms. The molecular formula is C15H24N2O3. The van der Waals surface area contributed by atoms with Gasteiger partial charge in [-0.2, -0.15) is 0 Å². The number of nitrogens with zero attached hydrogens (tertiary/aromatic N) is 1. The maximum atomic E-state index is 11.9. The molecular weight excluding hydrogens is 256 g/mol. The van der Waals surface area contributed by atoms with Crippen LogP contribution < -0.4 is 10.6 Å². The molecule has 0 atom stereocenters. The molecule has 0 heterocycles. The Morgan fingerprint density at radius 1 is 1.45 bits per heavy atom. The number of aliphatic hydroxyl groups excluding tert-OH is 1. The number of para-hydroxylation sites is 1. The van der Waals surface area contributed by atoms with E-state index in [1.165, 1.54) is 0 Å². The van der Waals surface area contributed by atoms with Gasteiger partial charge >= 0.3 is 5.97 Å². The standard InChI is InChI=1S/C15H24N2O3/c1-4-20-15(19)12-7-5-8-13(14(12)16)17(11(2)3)9-6-10-18/h5,7-8,11,18H,4,6,9-10,16H2,1-3H3. The largest absolute Gasteiger partial charge is 0.462 e. The number of hydrogen-bond acceptors (Lipinski definition) is 5. The molecule has 0 aliphatic heterocycles. The fourth-order valence-electron chi connectivity index (χ4n) is 2.09. The van der Waals surface area contributed by atoms with Gasteiger partial charge in [0.25, 0.3) is 0 Å². The number of ether oxygens (including phenoxy) is 1. The van der Waals surface area contributed by atoms with E-state index < -0.39 is 5.97 Å². The van der Waals surface area contributed by atoms with Crippen LogP contribution in [0.15, 0.2) is 18.2 Å². The molecule has 0 radical (unpaired) electrons. The molecule has 1 rings (SSSR count). The first-order valence-corrected chi connectivity index (χ1v) is 6.96. The Bertz CT molecular complexity index is 447. The van der Waals surface area contributed by atoms with Gasteiger partial charge in [-0.15, -0.1) is 0 Å². The summed E-state index contributed by atoms with van der Waals surface area (Å²) >= 11 is 0. The third-order valence-corrected chi connectivity index (χ3v) is 3.07. The van der Waals surface area contributed by atoms with Gasteiger partial charge in [0.2, 0.25) is 0 Å². The third-order valence-electron chi connectivity index (χ3n) is 3.07. The van der Waals surface area contributed by atoms with Crippen molar-refractivity contribution in [3.63, 3.8) is 0 Å². The van der Waals surface area contributed by atoms with Gasteiger partial charge in [-0.25, -0.2) is 4.79 Å². The predicted molar refractivity (Wildman–Crippen MR) is 81.0 cm³/mol.